The molecule has 12 nitrogen and oxygen atoms in total. The van der Waals surface area contributed by atoms with Crippen molar-refractivity contribution in [3.8, 4) is 5.75 Å². The van der Waals surface area contributed by atoms with Gasteiger partial charge in [0.1, 0.15) is 5.75 Å². The lowest BCUT2D eigenvalue weighted by Crippen LogP contribution is -2.53. The fourth-order valence-electron chi connectivity index (χ4n) is 7.63. The Morgan fingerprint density at radius 2 is 1.54 bits per heavy atom. The minimum Gasteiger partial charge on any atom is -0.506 e. The highest BCUT2D eigenvalue weighted by atomic mass is 79.9. The average molecular weight is 794 g/mol. The molecule has 0 bridgehead atoms. The summed E-state index contributed by atoms with van der Waals surface area (Å²) in [7, 11) is 0. The van der Waals surface area contributed by atoms with Crippen LogP contribution >= 0.6 is 31.9 Å². The molecule has 0 aliphatic carbocycles. The van der Waals surface area contributed by atoms with Crippen LogP contribution in [0.15, 0.2) is 45.3 Å². The van der Waals surface area contributed by atoms with Crippen molar-refractivity contribution < 1.29 is 34.4 Å². The van der Waals surface area contributed by atoms with Gasteiger partial charge in [0.05, 0.1) is 15.0 Å². The van der Waals surface area contributed by atoms with Gasteiger partial charge in [0.15, 0.2) is 12.4 Å². The monoisotopic (exact) mass is 791 g/mol. The van der Waals surface area contributed by atoms with Crippen molar-refractivity contribution in [3.05, 3.63) is 56.5 Å². The molecule has 0 unspecified atom stereocenters. The third-order valence-corrected chi connectivity index (χ3v) is 11.5. The molecule has 4 N–H and O–H groups in total. The maximum atomic E-state index is 14.0. The van der Waals surface area contributed by atoms with E-state index >= 15 is 0 Å². The van der Waals surface area contributed by atoms with Gasteiger partial charge in [0, 0.05) is 56.9 Å². The number of hydrogen-bond acceptors (Lipinski definition) is 8. The van der Waals surface area contributed by atoms with Crippen molar-refractivity contribution in [2.24, 2.45) is 0 Å². The molecule has 14 heteroatoms. The van der Waals surface area contributed by atoms with E-state index in [4.69, 9.17) is 4.74 Å². The number of ether oxygens (including phenoxy) is 1. The Morgan fingerprint density at radius 3 is 2.23 bits per heavy atom. The number of fused-ring (bicyclic) bond motifs is 1. The summed E-state index contributed by atoms with van der Waals surface area (Å²) in [4.78, 5) is 48.0. The SMILES string of the molecule is O=C(O[C@H](Cc1cc(Br)c(O)c(Br)c1)C(=O)N1CCC(N2CCC[C@H]2C(O)O)CC1)N1CCC(N2CCc3ccccc3NC2=O)CC1. The fraction of sp³-hybridized carbons (Fsp3) is 0.559. The molecule has 48 heavy (non-hydrogen) atoms. The minimum absolute atomic E-state index is 0.0177. The topological polar surface area (TPSA) is 146 Å². The Kier molecular flexibility index (Phi) is 11.2. The molecule has 4 aliphatic rings. The number of nitrogens with zero attached hydrogens (tertiary/aromatic N) is 4. The van der Waals surface area contributed by atoms with Crippen LogP contribution in [0.5, 0.6) is 5.75 Å². The predicted octanol–water partition coefficient (Wildman–Crippen LogP) is 4.29. The minimum atomic E-state index is -1.39. The van der Waals surface area contributed by atoms with Gasteiger partial charge in [-0.05, 0) is 113 Å². The third-order valence-electron chi connectivity index (χ3n) is 10.3. The van der Waals surface area contributed by atoms with Gasteiger partial charge < -0.3 is 40.1 Å². The number of carbonyl (C=O) groups excluding carboxylic acids is 3. The zero-order chi connectivity index (χ0) is 33.9. The number of phenols is 1. The van der Waals surface area contributed by atoms with Gasteiger partial charge in [0.25, 0.3) is 5.91 Å². The molecular weight excluding hydrogens is 750 g/mol. The highest BCUT2D eigenvalue weighted by Crippen LogP contribution is 2.34. The van der Waals surface area contributed by atoms with E-state index in [1.807, 2.05) is 29.2 Å². The Morgan fingerprint density at radius 1 is 0.896 bits per heavy atom. The van der Waals surface area contributed by atoms with Gasteiger partial charge in [0.2, 0.25) is 0 Å². The summed E-state index contributed by atoms with van der Waals surface area (Å²) in [6, 6.07) is 11.0. The van der Waals surface area contributed by atoms with E-state index in [0.717, 1.165) is 37.1 Å². The molecule has 0 radical (unpaired) electrons. The molecule has 3 fully saturated rings. The lowest BCUT2D eigenvalue weighted by molar-refractivity contribution is -0.143. The number of aromatic hydroxyl groups is 1. The standard InChI is InChI=1S/C34H43Br2N5O7/c35-25-18-21(19-26(36)30(25)42)20-29(31(43)38-13-8-23(9-14-38)40-12-3-6-28(40)32(44)45)48-34(47)39-15-10-24(11-16-39)41-17-7-22-4-1-2-5-27(22)37-33(41)46/h1-2,4-5,18-19,23-24,28-29,32,42,44-45H,3,6-17,20H2,(H,37,46)/t28-,29+/m0/s1. The molecule has 6 rings (SSSR count). The Labute approximate surface area is 297 Å². The highest BCUT2D eigenvalue weighted by molar-refractivity contribution is 9.11. The number of likely N-dealkylation sites (tertiary alicyclic amines) is 3. The number of aliphatic hydroxyl groups excluding tert-OH is 1. The molecule has 4 amide bonds. The second-order valence-electron chi connectivity index (χ2n) is 13.2. The van der Waals surface area contributed by atoms with Gasteiger partial charge in [-0.3, -0.25) is 9.69 Å². The number of benzene rings is 2. The van der Waals surface area contributed by atoms with E-state index in [2.05, 4.69) is 42.1 Å². The first-order valence-electron chi connectivity index (χ1n) is 16.8. The first-order valence-corrected chi connectivity index (χ1v) is 18.4. The number of carbonyl (C=O) groups is 3. The van der Waals surface area contributed by atoms with Crippen LogP contribution in [0.1, 0.15) is 49.7 Å². The van der Waals surface area contributed by atoms with Gasteiger partial charge in [-0.15, -0.1) is 0 Å². The van der Waals surface area contributed by atoms with Crippen LogP contribution < -0.4 is 5.32 Å². The molecule has 3 saturated heterocycles. The lowest BCUT2D eigenvalue weighted by atomic mass is 10.00. The first-order chi connectivity index (χ1) is 23.1. The molecule has 4 heterocycles. The van der Waals surface area contributed by atoms with Crippen LogP contribution in [0.4, 0.5) is 15.3 Å². The Hall–Kier alpha value is -2.91. The molecule has 0 saturated carbocycles. The summed E-state index contributed by atoms with van der Waals surface area (Å²) in [5.74, 6) is -0.239. The summed E-state index contributed by atoms with van der Waals surface area (Å²) < 4.78 is 6.91. The zero-order valence-electron chi connectivity index (χ0n) is 26.8. The van der Waals surface area contributed by atoms with Gasteiger partial charge >= 0.3 is 12.1 Å². The molecule has 2 aromatic carbocycles. The van der Waals surface area contributed by atoms with Crippen molar-refractivity contribution >= 4 is 55.6 Å². The van der Waals surface area contributed by atoms with Gasteiger partial charge in [-0.25, -0.2) is 9.59 Å². The number of nitrogens with one attached hydrogen (secondary N) is 1. The molecular formula is C34H43Br2N5O7. The number of rotatable bonds is 7. The number of para-hydroxylation sites is 1. The quantitative estimate of drug-likeness (QED) is 0.304. The van der Waals surface area contributed by atoms with Crippen molar-refractivity contribution in [2.45, 2.75) is 81.9 Å². The summed E-state index contributed by atoms with van der Waals surface area (Å²) in [5, 5.41) is 32.9. The van der Waals surface area contributed by atoms with E-state index in [1.54, 1.807) is 21.9 Å². The maximum absolute atomic E-state index is 14.0. The van der Waals surface area contributed by atoms with E-state index in [-0.39, 0.29) is 42.2 Å². The summed E-state index contributed by atoms with van der Waals surface area (Å²) in [6.45, 7) is 3.14. The smallest absolute Gasteiger partial charge is 0.410 e. The Balaban J connectivity index is 1.09. The Bertz CT molecular complexity index is 1470. The second kappa shape index (κ2) is 15.3. The normalized spacial score (nSPS) is 22.0. The summed E-state index contributed by atoms with van der Waals surface area (Å²) in [5.41, 5.74) is 2.64. The van der Waals surface area contributed by atoms with E-state index < -0.39 is 18.5 Å². The van der Waals surface area contributed by atoms with Crippen molar-refractivity contribution in [1.82, 2.24) is 19.6 Å². The van der Waals surface area contributed by atoms with Crippen LogP contribution in [-0.2, 0) is 22.4 Å². The average Bonchev–Trinajstić information content (AvgIpc) is 3.52. The second-order valence-corrected chi connectivity index (χ2v) is 14.9. The number of amides is 4. The molecule has 0 aromatic heterocycles. The third kappa shape index (κ3) is 7.77. The van der Waals surface area contributed by atoms with Crippen molar-refractivity contribution in [3.63, 3.8) is 0 Å². The van der Waals surface area contributed by atoms with Crippen molar-refractivity contribution in [2.75, 3.05) is 44.6 Å². The van der Waals surface area contributed by atoms with Crippen molar-refractivity contribution in [1.29, 1.82) is 0 Å². The first kappa shape index (κ1) is 34.9. The van der Waals surface area contributed by atoms with Crippen LogP contribution in [0.2, 0.25) is 0 Å². The number of aliphatic hydroxyl groups is 2. The molecule has 4 aliphatic heterocycles. The molecule has 0 spiro atoms. The van der Waals surface area contributed by atoms with Crippen LogP contribution in [-0.4, -0.2) is 123 Å². The highest BCUT2D eigenvalue weighted by Gasteiger charge is 2.39. The van der Waals surface area contributed by atoms with E-state index in [9.17, 15) is 29.7 Å². The number of phenolic OH excluding ortho intramolecular Hbond substituents is 1. The lowest BCUT2D eigenvalue weighted by Gasteiger charge is -2.41. The largest absolute Gasteiger partial charge is 0.506 e. The fourth-order valence-corrected chi connectivity index (χ4v) is 8.91. The summed E-state index contributed by atoms with van der Waals surface area (Å²) in [6.07, 6.45) is 2.07. The van der Waals surface area contributed by atoms with Crippen LogP contribution in [0.3, 0.4) is 0 Å². The maximum Gasteiger partial charge on any atom is 0.410 e. The number of anilines is 1. The number of piperidine rings is 2. The molecule has 2 aromatic rings. The molecule has 260 valence electrons. The van der Waals surface area contributed by atoms with Crippen LogP contribution in [0.25, 0.3) is 0 Å². The van der Waals surface area contributed by atoms with Gasteiger partial charge in [-0.2, -0.15) is 0 Å². The molecule has 2 atom stereocenters. The van der Waals surface area contributed by atoms with E-state index in [0.29, 0.717) is 72.9 Å². The van der Waals surface area contributed by atoms with E-state index in [1.165, 1.54) is 0 Å². The van der Waals surface area contributed by atoms with Crippen LogP contribution in [0, 0.1) is 0 Å². The zero-order valence-corrected chi connectivity index (χ0v) is 29.9. The summed E-state index contributed by atoms with van der Waals surface area (Å²) >= 11 is 6.72. The number of halogens is 2. The number of urea groups is 1. The predicted molar refractivity (Wildman–Crippen MR) is 186 cm³/mol. The number of hydrogen-bond donors (Lipinski definition) is 4. The van der Waals surface area contributed by atoms with Gasteiger partial charge in [-0.1, -0.05) is 18.2 Å².